The van der Waals surface area contributed by atoms with Gasteiger partial charge in [0.05, 0.1) is 5.69 Å². The van der Waals surface area contributed by atoms with Gasteiger partial charge >= 0.3 is 0 Å². The Balaban J connectivity index is 1.51. The van der Waals surface area contributed by atoms with E-state index in [1.165, 1.54) is 0 Å². The van der Waals surface area contributed by atoms with E-state index < -0.39 is 6.04 Å². The summed E-state index contributed by atoms with van der Waals surface area (Å²) in [4.78, 5) is 26.5. The van der Waals surface area contributed by atoms with Crippen molar-refractivity contribution in [3.63, 3.8) is 0 Å². The molecule has 2 amide bonds. The number of H-pyrrole nitrogens is 1. The highest BCUT2D eigenvalue weighted by Crippen LogP contribution is 2.31. The number of carbonyl (C=O) groups excluding carboxylic acids is 2. The average Bonchev–Trinajstić information content (AvgIpc) is 3.45. The number of carbonyl (C=O) groups is 2. The summed E-state index contributed by atoms with van der Waals surface area (Å²) in [5.41, 5.74) is 5.24. The molecule has 34 heavy (non-hydrogen) atoms. The molecule has 1 aliphatic rings. The normalized spacial score (nSPS) is 18.9. The van der Waals surface area contributed by atoms with E-state index in [1.807, 2.05) is 45.0 Å². The van der Waals surface area contributed by atoms with Crippen LogP contribution in [0.1, 0.15) is 61.4 Å². The third kappa shape index (κ3) is 5.05. The fourth-order valence-corrected chi connectivity index (χ4v) is 4.93. The van der Waals surface area contributed by atoms with Gasteiger partial charge in [0.1, 0.15) is 11.7 Å². The van der Waals surface area contributed by atoms with Gasteiger partial charge in [0.2, 0.25) is 5.91 Å². The van der Waals surface area contributed by atoms with Crippen LogP contribution in [0.25, 0.3) is 11.1 Å². The number of aromatic amines is 1. The highest BCUT2D eigenvalue weighted by Gasteiger charge is 2.33. The maximum absolute atomic E-state index is 13.4. The molecule has 1 atom stereocenters. The summed E-state index contributed by atoms with van der Waals surface area (Å²) in [7, 11) is 0. The van der Waals surface area contributed by atoms with Crippen molar-refractivity contribution < 1.29 is 9.59 Å². The Morgan fingerprint density at radius 1 is 1.12 bits per heavy atom. The van der Waals surface area contributed by atoms with Crippen molar-refractivity contribution >= 4 is 17.5 Å². The zero-order chi connectivity index (χ0) is 24.2. The van der Waals surface area contributed by atoms with Gasteiger partial charge in [0.25, 0.3) is 5.91 Å². The summed E-state index contributed by atoms with van der Waals surface area (Å²) in [6.07, 6.45) is 5.58. The molecule has 3 aromatic rings. The van der Waals surface area contributed by atoms with Crippen LogP contribution in [0.3, 0.4) is 0 Å². The van der Waals surface area contributed by atoms with E-state index in [0.717, 1.165) is 48.2 Å². The van der Waals surface area contributed by atoms with E-state index in [-0.39, 0.29) is 17.7 Å². The number of nitrogens with zero attached hydrogens (tertiary/aromatic N) is 3. The van der Waals surface area contributed by atoms with Crippen molar-refractivity contribution in [2.45, 2.75) is 66.0 Å². The van der Waals surface area contributed by atoms with E-state index >= 15 is 0 Å². The summed E-state index contributed by atoms with van der Waals surface area (Å²) >= 11 is 0. The van der Waals surface area contributed by atoms with E-state index in [0.29, 0.717) is 23.8 Å². The van der Waals surface area contributed by atoms with Crippen LogP contribution in [0.15, 0.2) is 36.5 Å². The molecular weight excluding hydrogens is 428 g/mol. The Bertz CT molecular complexity index is 1120. The molecule has 8 nitrogen and oxygen atoms in total. The summed E-state index contributed by atoms with van der Waals surface area (Å²) in [6, 6.07) is 8.85. The second-order valence-corrected chi connectivity index (χ2v) is 9.38. The first-order valence-electron chi connectivity index (χ1n) is 12.1. The zero-order valence-electron chi connectivity index (χ0n) is 20.4. The van der Waals surface area contributed by atoms with Crippen molar-refractivity contribution in [1.82, 2.24) is 25.3 Å². The van der Waals surface area contributed by atoms with Crippen LogP contribution in [-0.4, -0.2) is 37.8 Å². The third-order valence-corrected chi connectivity index (χ3v) is 6.92. The molecule has 0 radical (unpaired) electrons. The number of hydrogen-bond acceptors (Lipinski definition) is 4. The maximum atomic E-state index is 13.4. The molecule has 8 heteroatoms. The molecule has 0 spiro atoms. The van der Waals surface area contributed by atoms with Crippen LogP contribution < -0.4 is 10.6 Å². The minimum absolute atomic E-state index is 0.105. The van der Waals surface area contributed by atoms with Gasteiger partial charge in [-0.05, 0) is 69.2 Å². The monoisotopic (exact) mass is 462 g/mol. The number of benzene rings is 1. The summed E-state index contributed by atoms with van der Waals surface area (Å²) in [5, 5.41) is 17.5. The van der Waals surface area contributed by atoms with Gasteiger partial charge in [0.15, 0.2) is 0 Å². The lowest BCUT2D eigenvalue weighted by Gasteiger charge is -2.32. The van der Waals surface area contributed by atoms with Crippen LogP contribution in [0.4, 0.5) is 5.69 Å². The van der Waals surface area contributed by atoms with Crippen molar-refractivity contribution in [3.8, 4) is 11.1 Å². The summed E-state index contributed by atoms with van der Waals surface area (Å²) in [5.74, 6) is 0.312. The molecule has 0 bridgehead atoms. The van der Waals surface area contributed by atoms with Crippen LogP contribution in [0.2, 0.25) is 0 Å². The molecule has 0 saturated heterocycles. The molecular formula is C26H34N6O2. The Kier molecular flexibility index (Phi) is 7.14. The van der Waals surface area contributed by atoms with Gasteiger partial charge < -0.3 is 10.6 Å². The third-order valence-electron chi connectivity index (χ3n) is 6.92. The molecule has 4 rings (SSSR count). The molecule has 1 aromatic carbocycles. The molecule has 2 aromatic heterocycles. The molecule has 3 N–H and O–H groups in total. The van der Waals surface area contributed by atoms with Crippen LogP contribution in [-0.2, 0) is 11.3 Å². The molecule has 0 unspecified atom stereocenters. The quantitative estimate of drug-likeness (QED) is 0.482. The number of aromatic nitrogens is 4. The number of anilines is 1. The maximum Gasteiger partial charge on any atom is 0.270 e. The van der Waals surface area contributed by atoms with Gasteiger partial charge in [-0.3, -0.25) is 19.4 Å². The first kappa shape index (κ1) is 23.7. The Morgan fingerprint density at radius 3 is 2.44 bits per heavy atom. The number of rotatable bonds is 7. The highest BCUT2D eigenvalue weighted by atomic mass is 16.2. The minimum atomic E-state index is -0.599. The number of aryl methyl sites for hydroxylation is 3. The first-order valence-corrected chi connectivity index (χ1v) is 12.1. The molecule has 1 aliphatic carbocycles. The standard InChI is InChI=1S/C26H34N6O2/c1-5-32-22(14-15-27-32)25(33)29-24(20-8-6-16(2)7-9-20)26(34)28-21-12-10-19(11-13-21)23-17(3)30-31-18(23)4/h10-16,20,24H,5-9H2,1-4H3,(H,28,34)(H,29,33)(H,30,31)/t16-,20-,24-/m0/s1. The number of hydrogen-bond donors (Lipinski definition) is 3. The lowest BCUT2D eigenvalue weighted by atomic mass is 9.79. The SMILES string of the molecule is CCn1nccc1C(=O)N[C@H](C(=O)Nc1ccc(-c2c(C)n[nH]c2C)cc1)[C@H]1CC[C@H](C)CC1. The highest BCUT2D eigenvalue weighted by molar-refractivity contribution is 6.00. The molecule has 2 heterocycles. The molecule has 1 saturated carbocycles. The lowest BCUT2D eigenvalue weighted by Crippen LogP contribution is -2.49. The fraction of sp³-hybridized carbons (Fsp3) is 0.462. The van der Waals surface area contributed by atoms with Gasteiger partial charge in [0, 0.05) is 29.7 Å². The van der Waals surface area contributed by atoms with E-state index in [4.69, 9.17) is 0 Å². The lowest BCUT2D eigenvalue weighted by molar-refractivity contribution is -0.119. The predicted molar refractivity (Wildman–Crippen MR) is 132 cm³/mol. The second kappa shape index (κ2) is 10.2. The number of amides is 2. The Labute approximate surface area is 200 Å². The molecule has 180 valence electrons. The second-order valence-electron chi connectivity index (χ2n) is 9.38. The van der Waals surface area contributed by atoms with Crippen LogP contribution >= 0.6 is 0 Å². The van der Waals surface area contributed by atoms with Crippen molar-refractivity contribution in [1.29, 1.82) is 0 Å². The Hall–Kier alpha value is -3.42. The zero-order valence-corrected chi connectivity index (χ0v) is 20.4. The molecule has 0 aliphatic heterocycles. The van der Waals surface area contributed by atoms with E-state index in [1.54, 1.807) is 16.9 Å². The van der Waals surface area contributed by atoms with Gasteiger partial charge in [-0.25, -0.2) is 0 Å². The summed E-state index contributed by atoms with van der Waals surface area (Å²) < 4.78 is 1.64. The smallest absolute Gasteiger partial charge is 0.270 e. The topological polar surface area (TPSA) is 105 Å². The van der Waals surface area contributed by atoms with Crippen molar-refractivity contribution in [3.05, 3.63) is 53.6 Å². The van der Waals surface area contributed by atoms with Crippen molar-refractivity contribution in [2.24, 2.45) is 11.8 Å². The van der Waals surface area contributed by atoms with Gasteiger partial charge in [-0.15, -0.1) is 0 Å². The average molecular weight is 463 g/mol. The fourth-order valence-electron chi connectivity index (χ4n) is 4.93. The molecule has 1 fully saturated rings. The first-order chi connectivity index (χ1) is 16.4. The van der Waals surface area contributed by atoms with Crippen molar-refractivity contribution in [2.75, 3.05) is 5.32 Å². The minimum Gasteiger partial charge on any atom is -0.339 e. The van der Waals surface area contributed by atoms with E-state index in [9.17, 15) is 9.59 Å². The van der Waals surface area contributed by atoms with Crippen LogP contribution in [0.5, 0.6) is 0 Å². The van der Waals surface area contributed by atoms with Gasteiger partial charge in [-0.2, -0.15) is 10.2 Å². The number of nitrogens with one attached hydrogen (secondary N) is 3. The Morgan fingerprint density at radius 2 is 1.82 bits per heavy atom. The van der Waals surface area contributed by atoms with E-state index in [2.05, 4.69) is 32.9 Å². The van der Waals surface area contributed by atoms with Gasteiger partial charge in [-0.1, -0.05) is 31.9 Å². The summed E-state index contributed by atoms with van der Waals surface area (Å²) in [6.45, 7) is 8.74. The predicted octanol–water partition coefficient (Wildman–Crippen LogP) is 4.47. The largest absolute Gasteiger partial charge is 0.339 e. The van der Waals surface area contributed by atoms with Crippen LogP contribution in [0, 0.1) is 25.7 Å².